The van der Waals surface area contributed by atoms with Crippen LogP contribution in [0.15, 0.2) is 54.6 Å². The van der Waals surface area contributed by atoms with Crippen LogP contribution in [0.4, 0.5) is 10.2 Å². The van der Waals surface area contributed by atoms with Gasteiger partial charge in [0.25, 0.3) is 0 Å². The highest BCUT2D eigenvalue weighted by Crippen LogP contribution is 2.25. The second kappa shape index (κ2) is 12.0. The number of benzene rings is 2. The number of carbonyl (C=O) groups is 2. The first-order valence-corrected chi connectivity index (χ1v) is 14.1. The van der Waals surface area contributed by atoms with Crippen molar-refractivity contribution in [2.75, 3.05) is 31.1 Å². The SMILES string of the molecule is O=C(O)c1ccc2nc(CN3CCC(=O)N(c4cccc(OCc5ccc(Cl)cc5F)n4)CC3)n(CC3CCO3)c2c1. The number of pyridine rings is 1. The quantitative estimate of drug-likeness (QED) is 0.301. The molecule has 10 nitrogen and oxygen atoms in total. The van der Waals surface area contributed by atoms with Gasteiger partial charge >= 0.3 is 5.97 Å². The Balaban J connectivity index is 1.16. The summed E-state index contributed by atoms with van der Waals surface area (Å²) in [5.74, 6) is 0.0325. The van der Waals surface area contributed by atoms with E-state index in [0.29, 0.717) is 49.1 Å². The number of hydrogen-bond donors (Lipinski definition) is 1. The molecule has 0 radical (unpaired) electrons. The average Bonchev–Trinajstić information content (AvgIpc) is 3.17. The molecule has 0 spiro atoms. The molecule has 2 aromatic carbocycles. The summed E-state index contributed by atoms with van der Waals surface area (Å²) in [6.45, 7) is 3.30. The molecule has 0 aliphatic carbocycles. The molecule has 2 fully saturated rings. The van der Waals surface area contributed by atoms with Crippen LogP contribution in [0, 0.1) is 5.82 Å². The van der Waals surface area contributed by atoms with Crippen molar-refractivity contribution in [1.82, 2.24) is 19.4 Å². The van der Waals surface area contributed by atoms with Gasteiger partial charge in [-0.25, -0.2) is 14.2 Å². The second-order valence-electron chi connectivity index (χ2n) is 10.4. The summed E-state index contributed by atoms with van der Waals surface area (Å²) in [5, 5.41) is 9.81. The number of halogens is 2. The minimum Gasteiger partial charge on any atom is -0.478 e. The summed E-state index contributed by atoms with van der Waals surface area (Å²) in [6, 6.07) is 14.5. The second-order valence-corrected chi connectivity index (χ2v) is 10.8. The van der Waals surface area contributed by atoms with Crippen LogP contribution in [0.1, 0.15) is 34.6 Å². The molecule has 42 heavy (non-hydrogen) atoms. The maximum atomic E-state index is 14.2. The molecule has 2 saturated heterocycles. The van der Waals surface area contributed by atoms with Crippen molar-refractivity contribution >= 4 is 40.3 Å². The van der Waals surface area contributed by atoms with E-state index in [1.165, 1.54) is 6.07 Å². The zero-order valence-electron chi connectivity index (χ0n) is 22.7. The zero-order chi connectivity index (χ0) is 29.2. The topological polar surface area (TPSA) is 110 Å². The van der Waals surface area contributed by atoms with Gasteiger partial charge < -0.3 is 19.1 Å². The molecule has 1 N–H and O–H groups in total. The van der Waals surface area contributed by atoms with Gasteiger partial charge in [-0.3, -0.25) is 14.6 Å². The molecule has 2 aliphatic rings. The minimum atomic E-state index is -0.988. The Morgan fingerprint density at radius 3 is 2.74 bits per heavy atom. The van der Waals surface area contributed by atoms with Gasteiger partial charge in [0.15, 0.2) is 0 Å². The third-order valence-corrected chi connectivity index (χ3v) is 7.81. The number of imidazole rings is 1. The molecular formula is C30H29ClFN5O5. The predicted octanol–water partition coefficient (Wildman–Crippen LogP) is 4.53. The van der Waals surface area contributed by atoms with Crippen molar-refractivity contribution in [3.63, 3.8) is 0 Å². The van der Waals surface area contributed by atoms with Crippen LogP contribution in [-0.4, -0.2) is 68.8 Å². The molecule has 218 valence electrons. The lowest BCUT2D eigenvalue weighted by atomic mass is 10.1. The van der Waals surface area contributed by atoms with Gasteiger partial charge in [-0.1, -0.05) is 23.7 Å². The number of carboxylic acid groups (broad SMARTS) is 1. The summed E-state index contributed by atoms with van der Waals surface area (Å²) in [7, 11) is 0. The van der Waals surface area contributed by atoms with Crippen molar-refractivity contribution in [1.29, 1.82) is 0 Å². The van der Waals surface area contributed by atoms with E-state index in [1.54, 1.807) is 53.4 Å². The summed E-state index contributed by atoms with van der Waals surface area (Å²) in [6.07, 6.45) is 1.29. The number of rotatable bonds is 9. The number of fused-ring (bicyclic) bond motifs is 1. The van der Waals surface area contributed by atoms with E-state index in [0.717, 1.165) is 29.9 Å². The van der Waals surface area contributed by atoms with Crippen molar-refractivity contribution in [2.24, 2.45) is 0 Å². The maximum Gasteiger partial charge on any atom is 0.335 e. The van der Waals surface area contributed by atoms with E-state index < -0.39 is 11.8 Å². The summed E-state index contributed by atoms with van der Waals surface area (Å²) in [5.41, 5.74) is 2.04. The smallest absolute Gasteiger partial charge is 0.335 e. The van der Waals surface area contributed by atoms with Crippen molar-refractivity contribution in [3.8, 4) is 5.88 Å². The summed E-state index contributed by atoms with van der Waals surface area (Å²) < 4.78 is 27.6. The fraction of sp³-hybridized carbons (Fsp3) is 0.333. The fourth-order valence-corrected chi connectivity index (χ4v) is 5.31. The monoisotopic (exact) mass is 593 g/mol. The van der Waals surface area contributed by atoms with Gasteiger partial charge in [-0.05, 0) is 42.8 Å². The number of carboxylic acids is 1. The number of amides is 1. The minimum absolute atomic E-state index is 0.0258. The zero-order valence-corrected chi connectivity index (χ0v) is 23.5. The Kier molecular flexibility index (Phi) is 8.05. The molecule has 4 aromatic rings. The van der Waals surface area contributed by atoms with Crippen LogP contribution in [-0.2, 0) is 29.2 Å². The molecule has 0 bridgehead atoms. The standard InChI is InChI=1S/C30H29ClFN5O5/c31-21-6-4-20(23(32)15-21)18-42-28-3-1-2-26(34-28)36-12-11-35(10-8-29(36)38)17-27-33-24-7-5-19(30(39)40)14-25(24)37(27)16-22-9-13-41-22/h1-7,14-15,22H,8-13,16-18H2,(H,39,40). The Morgan fingerprint density at radius 2 is 1.98 bits per heavy atom. The van der Waals surface area contributed by atoms with Gasteiger partial charge in [0.05, 0.1) is 35.8 Å². The maximum absolute atomic E-state index is 14.2. The van der Waals surface area contributed by atoms with Gasteiger partial charge in [-0.15, -0.1) is 0 Å². The van der Waals surface area contributed by atoms with Crippen LogP contribution >= 0.6 is 11.6 Å². The van der Waals surface area contributed by atoms with E-state index >= 15 is 0 Å². The van der Waals surface area contributed by atoms with Crippen molar-refractivity contribution < 1.29 is 28.6 Å². The average molecular weight is 594 g/mol. The number of carbonyl (C=O) groups excluding carboxylic acids is 1. The molecule has 4 heterocycles. The third kappa shape index (κ3) is 6.08. The fourth-order valence-electron chi connectivity index (χ4n) is 5.15. The Hall–Kier alpha value is -4.06. The van der Waals surface area contributed by atoms with Crippen LogP contribution in [0.25, 0.3) is 11.0 Å². The molecule has 0 saturated carbocycles. The van der Waals surface area contributed by atoms with Gasteiger partial charge in [0.2, 0.25) is 11.8 Å². The van der Waals surface area contributed by atoms with E-state index in [2.05, 4.69) is 9.88 Å². The van der Waals surface area contributed by atoms with Gasteiger partial charge in [0, 0.05) is 49.3 Å². The summed E-state index contributed by atoms with van der Waals surface area (Å²) in [4.78, 5) is 37.9. The summed E-state index contributed by atoms with van der Waals surface area (Å²) >= 11 is 5.83. The van der Waals surface area contributed by atoms with E-state index in [9.17, 15) is 19.1 Å². The largest absolute Gasteiger partial charge is 0.478 e. The molecule has 1 atom stereocenters. The highest BCUT2D eigenvalue weighted by Gasteiger charge is 2.27. The molecule has 2 aliphatic heterocycles. The predicted molar refractivity (Wildman–Crippen MR) is 153 cm³/mol. The number of aromatic carboxylic acids is 1. The first kappa shape index (κ1) is 28.1. The van der Waals surface area contributed by atoms with Crippen LogP contribution in [0.5, 0.6) is 5.88 Å². The lowest BCUT2D eigenvalue weighted by Gasteiger charge is -2.28. The van der Waals surface area contributed by atoms with E-state index in [-0.39, 0.29) is 36.5 Å². The van der Waals surface area contributed by atoms with Crippen molar-refractivity contribution in [2.45, 2.75) is 38.6 Å². The number of hydrogen-bond acceptors (Lipinski definition) is 7. The highest BCUT2D eigenvalue weighted by atomic mass is 35.5. The number of anilines is 1. The Bertz CT molecular complexity index is 1640. The number of ether oxygens (including phenoxy) is 2. The Morgan fingerprint density at radius 1 is 1.12 bits per heavy atom. The first-order chi connectivity index (χ1) is 20.3. The molecule has 1 unspecified atom stereocenters. The normalized spacial score (nSPS) is 17.7. The van der Waals surface area contributed by atoms with Gasteiger partial charge in [0.1, 0.15) is 24.1 Å². The number of nitrogens with zero attached hydrogens (tertiary/aromatic N) is 5. The number of aromatic nitrogens is 3. The van der Waals surface area contributed by atoms with Crippen LogP contribution in [0.2, 0.25) is 5.02 Å². The third-order valence-electron chi connectivity index (χ3n) is 7.58. The molecule has 6 rings (SSSR count). The highest BCUT2D eigenvalue weighted by molar-refractivity contribution is 6.30. The lowest BCUT2D eigenvalue weighted by Crippen LogP contribution is -2.35. The molecular weight excluding hydrogens is 565 g/mol. The molecule has 12 heteroatoms. The first-order valence-electron chi connectivity index (χ1n) is 13.7. The van der Waals surface area contributed by atoms with Crippen molar-refractivity contribution in [3.05, 3.63) is 82.4 Å². The van der Waals surface area contributed by atoms with E-state index in [4.69, 9.17) is 26.1 Å². The molecule has 1 amide bonds. The van der Waals surface area contributed by atoms with Crippen LogP contribution in [0.3, 0.4) is 0 Å². The van der Waals surface area contributed by atoms with Gasteiger partial charge in [-0.2, -0.15) is 4.98 Å². The van der Waals surface area contributed by atoms with E-state index in [1.807, 2.05) is 4.57 Å². The Labute approximate surface area is 246 Å². The van der Waals surface area contributed by atoms with Crippen LogP contribution < -0.4 is 9.64 Å². The lowest BCUT2D eigenvalue weighted by molar-refractivity contribution is -0.118. The molecule has 2 aromatic heterocycles.